The normalized spacial score (nSPS) is 11.9. The molecule has 2 amide bonds. The van der Waals surface area contributed by atoms with Crippen molar-refractivity contribution in [2.45, 2.75) is 44.2 Å². The monoisotopic (exact) mass is 669 g/mol. The summed E-state index contributed by atoms with van der Waals surface area (Å²) in [6.45, 7) is 3.05. The minimum Gasteiger partial charge on any atom is -0.354 e. The van der Waals surface area contributed by atoms with Gasteiger partial charge in [0.25, 0.3) is 10.0 Å². The molecule has 0 unspecified atom stereocenters. The Bertz CT molecular complexity index is 1740. The van der Waals surface area contributed by atoms with Crippen molar-refractivity contribution in [2.75, 3.05) is 17.4 Å². The molecule has 0 spiro atoms. The molecule has 0 heterocycles. The lowest BCUT2D eigenvalue weighted by Crippen LogP contribution is -2.53. The van der Waals surface area contributed by atoms with E-state index in [0.717, 1.165) is 15.4 Å². The first-order valence-electron chi connectivity index (χ1n) is 14.4. The first-order chi connectivity index (χ1) is 21.5. The van der Waals surface area contributed by atoms with Crippen molar-refractivity contribution < 1.29 is 22.4 Å². The second kappa shape index (κ2) is 15.4. The highest BCUT2D eigenvalue weighted by Crippen LogP contribution is 2.33. The molecule has 0 radical (unpaired) electrons. The Morgan fingerprint density at radius 3 is 2.24 bits per heavy atom. The van der Waals surface area contributed by atoms with Gasteiger partial charge in [0.1, 0.15) is 18.4 Å². The van der Waals surface area contributed by atoms with Gasteiger partial charge < -0.3 is 10.2 Å². The van der Waals surface area contributed by atoms with Crippen LogP contribution < -0.4 is 9.62 Å². The molecule has 7 nitrogen and oxygen atoms in total. The number of sulfonamides is 1. The summed E-state index contributed by atoms with van der Waals surface area (Å²) in [5.74, 6) is -1.75. The van der Waals surface area contributed by atoms with Crippen LogP contribution in [0.15, 0.2) is 102 Å². The number of nitrogens with one attached hydrogen (secondary N) is 1. The second-order valence-electron chi connectivity index (χ2n) is 10.5. The highest BCUT2D eigenvalue weighted by Gasteiger charge is 2.35. The first-order valence-corrected chi connectivity index (χ1v) is 16.6. The molecular weight excluding hydrogens is 636 g/mol. The Kier molecular flexibility index (Phi) is 11.6. The minimum absolute atomic E-state index is 0.0148. The van der Waals surface area contributed by atoms with Gasteiger partial charge >= 0.3 is 0 Å². The summed E-state index contributed by atoms with van der Waals surface area (Å²) in [6, 6.07) is 24.4. The summed E-state index contributed by atoms with van der Waals surface area (Å²) in [6.07, 6.45) is 0.764. The van der Waals surface area contributed by atoms with Crippen LogP contribution in [0.3, 0.4) is 0 Å². The molecule has 4 aromatic carbocycles. The van der Waals surface area contributed by atoms with Crippen LogP contribution in [-0.2, 0) is 32.6 Å². The molecule has 0 saturated heterocycles. The Balaban J connectivity index is 1.83. The van der Waals surface area contributed by atoms with Crippen molar-refractivity contribution in [2.24, 2.45) is 0 Å². The predicted octanol–water partition coefficient (Wildman–Crippen LogP) is 6.80. The molecule has 1 N–H and O–H groups in total. The van der Waals surface area contributed by atoms with Crippen molar-refractivity contribution in [1.82, 2.24) is 10.2 Å². The van der Waals surface area contributed by atoms with E-state index in [-0.39, 0.29) is 39.2 Å². The number of hydrogen-bond donors (Lipinski definition) is 1. The lowest BCUT2D eigenvalue weighted by Gasteiger charge is -2.34. The molecule has 0 aromatic heterocycles. The van der Waals surface area contributed by atoms with E-state index < -0.39 is 40.2 Å². The maximum atomic E-state index is 15.0. The SMILES string of the molecule is CCCNC(=O)[C@H](Cc1ccccc1)N(Cc1ccccc1F)C(=O)CN(c1cc(Cl)ccc1Cl)S(=O)(=O)c1ccc(C)cc1. The fourth-order valence-corrected chi connectivity index (χ4v) is 6.62. The summed E-state index contributed by atoms with van der Waals surface area (Å²) in [7, 11) is -4.37. The lowest BCUT2D eigenvalue weighted by molar-refractivity contribution is -0.140. The number of carbonyl (C=O) groups excluding carboxylic acids is 2. The Hall–Kier alpha value is -3.92. The predicted molar refractivity (Wildman–Crippen MR) is 176 cm³/mol. The van der Waals surface area contributed by atoms with E-state index in [9.17, 15) is 22.4 Å². The fraction of sp³-hybridized carbons (Fsp3) is 0.235. The second-order valence-corrected chi connectivity index (χ2v) is 13.2. The Morgan fingerprint density at radius 2 is 1.58 bits per heavy atom. The summed E-state index contributed by atoms with van der Waals surface area (Å²) < 4.78 is 44.1. The lowest BCUT2D eigenvalue weighted by atomic mass is 10.0. The van der Waals surface area contributed by atoms with Crippen LogP contribution in [0.1, 0.15) is 30.0 Å². The van der Waals surface area contributed by atoms with Crippen molar-refractivity contribution in [1.29, 1.82) is 0 Å². The molecule has 236 valence electrons. The van der Waals surface area contributed by atoms with Crippen LogP contribution in [0, 0.1) is 12.7 Å². The molecule has 0 aliphatic carbocycles. The molecule has 4 aromatic rings. The van der Waals surface area contributed by atoms with E-state index in [1.165, 1.54) is 53.4 Å². The number of benzene rings is 4. The van der Waals surface area contributed by atoms with E-state index in [2.05, 4.69) is 5.32 Å². The van der Waals surface area contributed by atoms with Gasteiger partial charge in [-0.25, -0.2) is 12.8 Å². The first kappa shape index (κ1) is 34.0. The van der Waals surface area contributed by atoms with Crippen LogP contribution >= 0.6 is 23.2 Å². The average molecular weight is 671 g/mol. The van der Waals surface area contributed by atoms with Crippen LogP contribution in [-0.4, -0.2) is 44.3 Å². The third-order valence-electron chi connectivity index (χ3n) is 7.18. The van der Waals surface area contributed by atoms with Gasteiger partial charge in [-0.3, -0.25) is 13.9 Å². The van der Waals surface area contributed by atoms with Crippen molar-refractivity contribution in [3.05, 3.63) is 130 Å². The molecular formula is C34H34Cl2FN3O4S. The molecule has 45 heavy (non-hydrogen) atoms. The van der Waals surface area contributed by atoms with Crippen LogP contribution in [0.4, 0.5) is 10.1 Å². The number of hydrogen-bond acceptors (Lipinski definition) is 4. The standard InChI is InChI=1S/C34H34Cl2FN3O4S/c1-3-19-38-34(42)32(20-25-9-5-4-6-10-25)39(22-26-11-7-8-12-30(26)37)33(41)23-40(31-21-27(35)15-18-29(31)36)45(43,44)28-16-13-24(2)14-17-28/h4-18,21,32H,3,19-20,22-23H2,1-2H3,(H,38,42)/t32-/m0/s1. The molecule has 11 heteroatoms. The van der Waals surface area contributed by atoms with Gasteiger partial charge in [0.2, 0.25) is 11.8 Å². The number of anilines is 1. The Labute approximate surface area is 273 Å². The van der Waals surface area contributed by atoms with Crippen LogP contribution in [0.5, 0.6) is 0 Å². The van der Waals surface area contributed by atoms with Gasteiger partial charge in [0.05, 0.1) is 15.6 Å². The summed E-state index contributed by atoms with van der Waals surface area (Å²) >= 11 is 12.8. The van der Waals surface area contributed by atoms with Gasteiger partial charge in [0.15, 0.2) is 0 Å². The summed E-state index contributed by atoms with van der Waals surface area (Å²) in [4.78, 5) is 29.2. The molecule has 0 saturated carbocycles. The van der Waals surface area contributed by atoms with E-state index in [0.29, 0.717) is 13.0 Å². The molecule has 0 fully saturated rings. The zero-order valence-corrected chi connectivity index (χ0v) is 27.2. The zero-order valence-electron chi connectivity index (χ0n) is 24.9. The summed E-state index contributed by atoms with van der Waals surface area (Å²) in [5.41, 5.74) is 1.76. The van der Waals surface area contributed by atoms with E-state index in [1.54, 1.807) is 18.2 Å². The van der Waals surface area contributed by atoms with E-state index in [4.69, 9.17) is 23.2 Å². The highest BCUT2D eigenvalue weighted by atomic mass is 35.5. The van der Waals surface area contributed by atoms with Gasteiger partial charge in [0, 0.05) is 30.1 Å². The van der Waals surface area contributed by atoms with Crippen LogP contribution in [0.2, 0.25) is 10.0 Å². The van der Waals surface area contributed by atoms with E-state index >= 15 is 0 Å². The third-order valence-corrected chi connectivity index (χ3v) is 9.51. The molecule has 4 rings (SSSR count). The number of rotatable bonds is 13. The molecule has 0 aliphatic rings. The van der Waals surface area contributed by atoms with Gasteiger partial charge in [-0.2, -0.15) is 0 Å². The highest BCUT2D eigenvalue weighted by molar-refractivity contribution is 7.92. The van der Waals surface area contributed by atoms with Gasteiger partial charge in [-0.15, -0.1) is 0 Å². The van der Waals surface area contributed by atoms with Crippen molar-refractivity contribution >= 4 is 50.7 Å². The smallest absolute Gasteiger partial charge is 0.264 e. The van der Waals surface area contributed by atoms with Gasteiger partial charge in [-0.1, -0.05) is 96.4 Å². The zero-order chi connectivity index (χ0) is 32.6. The Morgan fingerprint density at radius 1 is 0.911 bits per heavy atom. The third kappa shape index (κ3) is 8.63. The molecule has 0 bridgehead atoms. The average Bonchev–Trinajstić information content (AvgIpc) is 3.03. The number of amides is 2. The minimum atomic E-state index is -4.37. The number of halogens is 3. The maximum Gasteiger partial charge on any atom is 0.264 e. The summed E-state index contributed by atoms with van der Waals surface area (Å²) in [5, 5.41) is 3.10. The number of aryl methyl sites for hydroxylation is 1. The topological polar surface area (TPSA) is 86.8 Å². The van der Waals surface area contributed by atoms with Crippen LogP contribution in [0.25, 0.3) is 0 Å². The van der Waals surface area contributed by atoms with Crippen molar-refractivity contribution in [3.63, 3.8) is 0 Å². The largest absolute Gasteiger partial charge is 0.354 e. The maximum absolute atomic E-state index is 15.0. The van der Waals surface area contributed by atoms with Crippen molar-refractivity contribution in [3.8, 4) is 0 Å². The number of nitrogens with zero attached hydrogens (tertiary/aromatic N) is 2. The number of carbonyl (C=O) groups is 2. The quantitative estimate of drug-likeness (QED) is 0.170. The molecule has 1 atom stereocenters. The fourth-order valence-electron chi connectivity index (χ4n) is 4.76. The molecule has 0 aliphatic heterocycles. The van der Waals surface area contributed by atoms with E-state index in [1.807, 2.05) is 44.2 Å². The van der Waals surface area contributed by atoms with Gasteiger partial charge in [-0.05, 0) is 55.3 Å².